The summed E-state index contributed by atoms with van der Waals surface area (Å²) in [6.07, 6.45) is 0.983. The van der Waals surface area contributed by atoms with Crippen molar-refractivity contribution >= 4 is 17.3 Å². The van der Waals surface area contributed by atoms with Gasteiger partial charge in [0.05, 0.1) is 0 Å². The lowest BCUT2D eigenvalue weighted by molar-refractivity contribution is 1.11. The van der Waals surface area contributed by atoms with Gasteiger partial charge in [-0.05, 0) is 36.6 Å². The van der Waals surface area contributed by atoms with Gasteiger partial charge >= 0.3 is 0 Å². The minimum Gasteiger partial charge on any atom is -0.399 e. The molecule has 0 saturated carbocycles. The predicted octanol–water partition coefficient (Wildman–Crippen LogP) is 2.79. The fourth-order valence-electron chi connectivity index (χ4n) is 1.13. The number of benzene rings is 1. The SMILES string of the molecule is CCc1cc(N)cc(Cl)c1C. The Bertz CT molecular complexity index is 269. The van der Waals surface area contributed by atoms with Crippen LogP contribution in [0.15, 0.2) is 12.1 Å². The summed E-state index contributed by atoms with van der Waals surface area (Å²) >= 11 is 5.92. The molecule has 0 saturated heterocycles. The fraction of sp³-hybridized carbons (Fsp3) is 0.333. The van der Waals surface area contributed by atoms with Crippen molar-refractivity contribution in [1.82, 2.24) is 0 Å². The van der Waals surface area contributed by atoms with Crippen molar-refractivity contribution in [1.29, 1.82) is 0 Å². The lowest BCUT2D eigenvalue weighted by atomic mass is 10.1. The van der Waals surface area contributed by atoms with E-state index in [1.54, 1.807) is 6.07 Å². The van der Waals surface area contributed by atoms with Crippen molar-refractivity contribution in [3.05, 3.63) is 28.3 Å². The van der Waals surface area contributed by atoms with Gasteiger partial charge in [-0.2, -0.15) is 0 Å². The third-order valence-corrected chi connectivity index (χ3v) is 2.25. The van der Waals surface area contributed by atoms with Gasteiger partial charge in [0, 0.05) is 10.7 Å². The highest BCUT2D eigenvalue weighted by Crippen LogP contribution is 2.22. The molecule has 2 N–H and O–H groups in total. The van der Waals surface area contributed by atoms with Crippen LogP contribution < -0.4 is 5.73 Å². The number of hydrogen-bond donors (Lipinski definition) is 1. The van der Waals surface area contributed by atoms with Crippen LogP contribution in [0, 0.1) is 6.92 Å². The number of anilines is 1. The van der Waals surface area contributed by atoms with E-state index in [1.165, 1.54) is 5.56 Å². The van der Waals surface area contributed by atoms with E-state index in [-0.39, 0.29) is 0 Å². The highest BCUT2D eigenvalue weighted by molar-refractivity contribution is 6.31. The lowest BCUT2D eigenvalue weighted by Crippen LogP contribution is -1.92. The van der Waals surface area contributed by atoms with Crippen LogP contribution in [0.1, 0.15) is 18.1 Å². The van der Waals surface area contributed by atoms with E-state index in [0.717, 1.165) is 22.7 Å². The third kappa shape index (κ3) is 1.66. The van der Waals surface area contributed by atoms with E-state index >= 15 is 0 Å². The Morgan fingerprint density at radius 1 is 1.45 bits per heavy atom. The first-order chi connectivity index (χ1) is 5.15. The predicted molar refractivity (Wildman–Crippen MR) is 50.0 cm³/mol. The molecule has 1 rings (SSSR count). The molecule has 0 unspecified atom stereocenters. The largest absolute Gasteiger partial charge is 0.399 e. The molecule has 0 radical (unpaired) electrons. The van der Waals surface area contributed by atoms with Crippen LogP contribution in [-0.2, 0) is 6.42 Å². The zero-order chi connectivity index (χ0) is 8.43. The molecule has 0 bridgehead atoms. The van der Waals surface area contributed by atoms with Crippen molar-refractivity contribution < 1.29 is 0 Å². The number of halogens is 1. The van der Waals surface area contributed by atoms with Gasteiger partial charge < -0.3 is 5.73 Å². The molecular weight excluding hydrogens is 158 g/mol. The van der Waals surface area contributed by atoms with Crippen LogP contribution in [0.3, 0.4) is 0 Å². The van der Waals surface area contributed by atoms with Crippen molar-refractivity contribution in [3.63, 3.8) is 0 Å². The van der Waals surface area contributed by atoms with Crippen molar-refractivity contribution in [2.45, 2.75) is 20.3 Å². The molecule has 0 fully saturated rings. The summed E-state index contributed by atoms with van der Waals surface area (Å²) in [6.45, 7) is 4.11. The second kappa shape index (κ2) is 3.14. The summed E-state index contributed by atoms with van der Waals surface area (Å²) in [5, 5.41) is 0.766. The smallest absolute Gasteiger partial charge is 0.0458 e. The van der Waals surface area contributed by atoms with Gasteiger partial charge in [-0.15, -0.1) is 0 Å². The Labute approximate surface area is 72.2 Å². The van der Waals surface area contributed by atoms with Gasteiger partial charge in [0.15, 0.2) is 0 Å². The number of aryl methyl sites for hydroxylation is 1. The standard InChI is InChI=1S/C9H12ClN/c1-3-7-4-8(11)5-9(10)6(7)2/h4-5H,3,11H2,1-2H3. The molecule has 0 aromatic heterocycles. The number of hydrogen-bond acceptors (Lipinski definition) is 1. The van der Waals surface area contributed by atoms with Crippen LogP contribution in [-0.4, -0.2) is 0 Å². The van der Waals surface area contributed by atoms with Gasteiger partial charge in [-0.1, -0.05) is 18.5 Å². The second-order valence-corrected chi connectivity index (χ2v) is 3.05. The lowest BCUT2D eigenvalue weighted by Gasteiger charge is -2.05. The third-order valence-electron chi connectivity index (χ3n) is 1.86. The molecule has 0 spiro atoms. The van der Waals surface area contributed by atoms with Crippen LogP contribution in [0.2, 0.25) is 5.02 Å². The molecule has 11 heavy (non-hydrogen) atoms. The van der Waals surface area contributed by atoms with Gasteiger partial charge in [-0.25, -0.2) is 0 Å². The Balaban J connectivity index is 3.24. The average Bonchev–Trinajstić information content (AvgIpc) is 1.96. The van der Waals surface area contributed by atoms with Gasteiger partial charge in [0.25, 0.3) is 0 Å². The Morgan fingerprint density at radius 3 is 2.64 bits per heavy atom. The van der Waals surface area contributed by atoms with E-state index in [0.29, 0.717) is 0 Å². The molecule has 0 aliphatic rings. The number of nitrogens with two attached hydrogens (primary N) is 1. The van der Waals surface area contributed by atoms with Gasteiger partial charge in [-0.3, -0.25) is 0 Å². The number of nitrogen functional groups attached to an aromatic ring is 1. The summed E-state index contributed by atoms with van der Waals surface area (Å²) < 4.78 is 0. The zero-order valence-corrected chi connectivity index (χ0v) is 7.57. The molecule has 1 nitrogen and oxygen atoms in total. The summed E-state index contributed by atoms with van der Waals surface area (Å²) in [4.78, 5) is 0. The molecule has 0 aliphatic carbocycles. The highest BCUT2D eigenvalue weighted by atomic mass is 35.5. The van der Waals surface area contributed by atoms with Gasteiger partial charge in [0.2, 0.25) is 0 Å². The van der Waals surface area contributed by atoms with E-state index in [1.807, 2.05) is 13.0 Å². The van der Waals surface area contributed by atoms with Crippen molar-refractivity contribution in [2.75, 3.05) is 5.73 Å². The van der Waals surface area contributed by atoms with Crippen LogP contribution in [0.25, 0.3) is 0 Å². The van der Waals surface area contributed by atoms with E-state index in [9.17, 15) is 0 Å². The van der Waals surface area contributed by atoms with E-state index < -0.39 is 0 Å². The molecule has 60 valence electrons. The average molecular weight is 170 g/mol. The Kier molecular flexibility index (Phi) is 2.40. The van der Waals surface area contributed by atoms with Crippen LogP contribution in [0.5, 0.6) is 0 Å². The normalized spacial score (nSPS) is 10.1. The summed E-state index contributed by atoms with van der Waals surface area (Å²) in [5.41, 5.74) is 8.74. The monoisotopic (exact) mass is 169 g/mol. The maximum Gasteiger partial charge on any atom is 0.0458 e. The molecule has 1 aromatic carbocycles. The second-order valence-electron chi connectivity index (χ2n) is 2.64. The minimum absolute atomic E-state index is 0.748. The molecule has 0 atom stereocenters. The minimum atomic E-state index is 0.748. The molecule has 0 aliphatic heterocycles. The van der Waals surface area contributed by atoms with E-state index in [4.69, 9.17) is 17.3 Å². The highest BCUT2D eigenvalue weighted by Gasteiger charge is 2.01. The quantitative estimate of drug-likeness (QED) is 0.643. The molecule has 2 heteroatoms. The summed E-state index contributed by atoms with van der Waals surface area (Å²) in [5.74, 6) is 0. The first-order valence-corrected chi connectivity index (χ1v) is 4.07. The summed E-state index contributed by atoms with van der Waals surface area (Å²) in [7, 11) is 0. The fourth-order valence-corrected chi connectivity index (χ4v) is 1.37. The first kappa shape index (κ1) is 8.41. The van der Waals surface area contributed by atoms with Crippen LogP contribution in [0.4, 0.5) is 5.69 Å². The van der Waals surface area contributed by atoms with Crippen LogP contribution >= 0.6 is 11.6 Å². The van der Waals surface area contributed by atoms with E-state index in [2.05, 4.69) is 6.92 Å². The maximum atomic E-state index is 5.92. The Morgan fingerprint density at radius 2 is 2.09 bits per heavy atom. The number of rotatable bonds is 1. The molecule has 1 aromatic rings. The maximum absolute atomic E-state index is 5.92. The molecule has 0 heterocycles. The van der Waals surface area contributed by atoms with Crippen molar-refractivity contribution in [2.24, 2.45) is 0 Å². The summed E-state index contributed by atoms with van der Waals surface area (Å²) in [6, 6.07) is 3.76. The van der Waals surface area contributed by atoms with Crippen molar-refractivity contribution in [3.8, 4) is 0 Å². The molecular formula is C9H12ClN. The first-order valence-electron chi connectivity index (χ1n) is 3.69. The molecule has 0 amide bonds. The van der Waals surface area contributed by atoms with Gasteiger partial charge in [0.1, 0.15) is 0 Å². The Hall–Kier alpha value is -0.690. The zero-order valence-electron chi connectivity index (χ0n) is 6.82. The topological polar surface area (TPSA) is 26.0 Å².